The molecule has 2 aromatic rings. The number of nitrogens with one attached hydrogen (secondary N) is 1. The minimum absolute atomic E-state index is 0.00612. The number of likely N-dealkylation sites (tertiary alicyclic amines) is 1. The van der Waals surface area contributed by atoms with Crippen molar-refractivity contribution in [2.24, 2.45) is 0 Å². The first-order chi connectivity index (χ1) is 11.1. The Labute approximate surface area is 136 Å². The first-order valence-electron chi connectivity index (χ1n) is 8.06. The SMILES string of the molecule is Cc1cccc(CNc2cc(C(=O)N3CCCC3)nc(C)n2)c1. The zero-order chi connectivity index (χ0) is 16.2. The molecule has 0 spiro atoms. The number of benzene rings is 1. The fraction of sp³-hybridized carbons (Fsp3) is 0.389. The quantitative estimate of drug-likeness (QED) is 0.943. The monoisotopic (exact) mass is 310 g/mol. The molecule has 5 nitrogen and oxygen atoms in total. The maximum atomic E-state index is 12.5. The van der Waals surface area contributed by atoms with E-state index in [1.54, 1.807) is 6.07 Å². The number of aryl methyl sites for hydroxylation is 2. The van der Waals surface area contributed by atoms with Gasteiger partial charge in [0.25, 0.3) is 5.91 Å². The van der Waals surface area contributed by atoms with Gasteiger partial charge in [-0.25, -0.2) is 9.97 Å². The third-order valence-corrected chi connectivity index (χ3v) is 4.01. The van der Waals surface area contributed by atoms with E-state index in [0.29, 0.717) is 23.9 Å². The van der Waals surface area contributed by atoms with E-state index < -0.39 is 0 Å². The number of nitrogens with zero attached hydrogens (tertiary/aromatic N) is 3. The Hall–Kier alpha value is -2.43. The Morgan fingerprint density at radius 3 is 2.70 bits per heavy atom. The minimum atomic E-state index is 0.00612. The number of anilines is 1. The van der Waals surface area contributed by atoms with E-state index in [-0.39, 0.29) is 5.91 Å². The summed E-state index contributed by atoms with van der Waals surface area (Å²) in [5, 5.41) is 3.29. The summed E-state index contributed by atoms with van der Waals surface area (Å²) in [7, 11) is 0. The van der Waals surface area contributed by atoms with Gasteiger partial charge in [0.2, 0.25) is 0 Å². The molecular weight excluding hydrogens is 288 g/mol. The number of amides is 1. The summed E-state index contributed by atoms with van der Waals surface area (Å²) < 4.78 is 0. The van der Waals surface area contributed by atoms with E-state index in [9.17, 15) is 4.79 Å². The van der Waals surface area contributed by atoms with Crippen LogP contribution in [0.3, 0.4) is 0 Å². The number of carbonyl (C=O) groups excluding carboxylic acids is 1. The van der Waals surface area contributed by atoms with Gasteiger partial charge < -0.3 is 10.2 Å². The molecule has 1 amide bonds. The highest BCUT2D eigenvalue weighted by molar-refractivity contribution is 5.93. The number of hydrogen-bond donors (Lipinski definition) is 1. The summed E-state index contributed by atoms with van der Waals surface area (Å²) in [6.07, 6.45) is 2.16. The Bertz CT molecular complexity index is 708. The lowest BCUT2D eigenvalue weighted by Crippen LogP contribution is -2.28. The molecule has 23 heavy (non-hydrogen) atoms. The van der Waals surface area contributed by atoms with E-state index in [4.69, 9.17) is 0 Å². The van der Waals surface area contributed by atoms with Crippen molar-refractivity contribution in [3.63, 3.8) is 0 Å². The molecule has 1 aromatic carbocycles. The lowest BCUT2D eigenvalue weighted by molar-refractivity contribution is 0.0786. The second-order valence-electron chi connectivity index (χ2n) is 6.03. The summed E-state index contributed by atoms with van der Waals surface area (Å²) in [5.41, 5.74) is 2.90. The van der Waals surface area contributed by atoms with Crippen LogP contribution in [0.25, 0.3) is 0 Å². The smallest absolute Gasteiger partial charge is 0.272 e. The third kappa shape index (κ3) is 3.86. The molecule has 3 rings (SSSR count). The van der Waals surface area contributed by atoms with Crippen LogP contribution < -0.4 is 5.32 Å². The second-order valence-corrected chi connectivity index (χ2v) is 6.03. The van der Waals surface area contributed by atoms with Crippen molar-refractivity contribution in [1.82, 2.24) is 14.9 Å². The lowest BCUT2D eigenvalue weighted by Gasteiger charge is -2.15. The first-order valence-corrected chi connectivity index (χ1v) is 8.06. The standard InChI is InChI=1S/C18H22N4O/c1-13-6-5-7-15(10-13)12-19-17-11-16(20-14(2)21-17)18(23)22-8-3-4-9-22/h5-7,10-11H,3-4,8-9,12H2,1-2H3,(H,19,20,21). The largest absolute Gasteiger partial charge is 0.366 e. The molecular formula is C18H22N4O. The van der Waals surface area contributed by atoms with Gasteiger partial charge in [-0.2, -0.15) is 0 Å². The number of carbonyl (C=O) groups is 1. The molecule has 0 aliphatic carbocycles. The summed E-state index contributed by atoms with van der Waals surface area (Å²) in [6.45, 7) is 6.22. The van der Waals surface area contributed by atoms with Crippen molar-refractivity contribution in [3.05, 3.63) is 53.0 Å². The van der Waals surface area contributed by atoms with Crippen molar-refractivity contribution in [2.75, 3.05) is 18.4 Å². The molecule has 1 N–H and O–H groups in total. The normalized spacial score (nSPS) is 14.1. The van der Waals surface area contributed by atoms with E-state index in [1.807, 2.05) is 17.9 Å². The molecule has 0 atom stereocenters. The Balaban J connectivity index is 1.73. The molecule has 5 heteroatoms. The molecule has 0 radical (unpaired) electrons. The third-order valence-electron chi connectivity index (χ3n) is 4.01. The fourth-order valence-corrected chi connectivity index (χ4v) is 2.86. The molecule has 1 aliphatic rings. The van der Waals surface area contributed by atoms with Gasteiger partial charge in [0.15, 0.2) is 0 Å². The molecule has 0 saturated carbocycles. The predicted octanol–water partition coefficient (Wildman–Crippen LogP) is 2.94. The number of hydrogen-bond acceptors (Lipinski definition) is 4. The summed E-state index contributed by atoms with van der Waals surface area (Å²) in [5.74, 6) is 1.31. The maximum Gasteiger partial charge on any atom is 0.272 e. The molecule has 0 unspecified atom stereocenters. The van der Waals surface area contributed by atoms with Crippen LogP contribution in [-0.4, -0.2) is 33.9 Å². The molecule has 1 saturated heterocycles. The Morgan fingerprint density at radius 1 is 1.17 bits per heavy atom. The van der Waals surface area contributed by atoms with Gasteiger partial charge in [0.1, 0.15) is 17.3 Å². The van der Waals surface area contributed by atoms with Crippen molar-refractivity contribution in [2.45, 2.75) is 33.2 Å². The van der Waals surface area contributed by atoms with E-state index in [0.717, 1.165) is 25.9 Å². The van der Waals surface area contributed by atoms with Crippen LogP contribution in [0.1, 0.15) is 40.3 Å². The summed E-state index contributed by atoms with van der Waals surface area (Å²) >= 11 is 0. The first kappa shape index (κ1) is 15.5. The van der Waals surface area contributed by atoms with Gasteiger partial charge in [-0.1, -0.05) is 29.8 Å². The molecule has 1 aromatic heterocycles. The van der Waals surface area contributed by atoms with Crippen molar-refractivity contribution in [3.8, 4) is 0 Å². The van der Waals surface area contributed by atoms with Crippen LogP contribution >= 0.6 is 0 Å². The summed E-state index contributed by atoms with van der Waals surface area (Å²) in [6, 6.07) is 10.1. The lowest BCUT2D eigenvalue weighted by atomic mass is 10.1. The Morgan fingerprint density at radius 2 is 1.96 bits per heavy atom. The molecule has 120 valence electrons. The molecule has 0 bridgehead atoms. The highest BCUT2D eigenvalue weighted by Crippen LogP contribution is 2.15. The molecule has 1 fully saturated rings. The van der Waals surface area contributed by atoms with Gasteiger partial charge in [-0.3, -0.25) is 4.79 Å². The van der Waals surface area contributed by atoms with Crippen LogP contribution in [0.5, 0.6) is 0 Å². The molecule has 1 aliphatic heterocycles. The van der Waals surface area contributed by atoms with E-state index in [1.165, 1.54) is 11.1 Å². The highest BCUT2D eigenvalue weighted by atomic mass is 16.2. The highest BCUT2D eigenvalue weighted by Gasteiger charge is 2.21. The van der Waals surface area contributed by atoms with Crippen LogP contribution in [0.2, 0.25) is 0 Å². The predicted molar refractivity (Wildman–Crippen MR) is 90.4 cm³/mol. The van der Waals surface area contributed by atoms with Crippen LogP contribution in [0, 0.1) is 13.8 Å². The second kappa shape index (κ2) is 6.77. The van der Waals surface area contributed by atoms with Crippen molar-refractivity contribution >= 4 is 11.7 Å². The van der Waals surface area contributed by atoms with Crippen molar-refractivity contribution in [1.29, 1.82) is 0 Å². The van der Waals surface area contributed by atoms with Gasteiger partial charge in [0.05, 0.1) is 0 Å². The molecule has 2 heterocycles. The average molecular weight is 310 g/mol. The van der Waals surface area contributed by atoms with Gasteiger partial charge in [-0.05, 0) is 32.3 Å². The van der Waals surface area contributed by atoms with Gasteiger partial charge in [-0.15, -0.1) is 0 Å². The van der Waals surface area contributed by atoms with Crippen LogP contribution in [0.4, 0.5) is 5.82 Å². The average Bonchev–Trinajstić information content (AvgIpc) is 3.06. The van der Waals surface area contributed by atoms with Gasteiger partial charge in [0, 0.05) is 25.7 Å². The zero-order valence-corrected chi connectivity index (χ0v) is 13.7. The minimum Gasteiger partial charge on any atom is -0.366 e. The number of rotatable bonds is 4. The number of aromatic nitrogens is 2. The van der Waals surface area contributed by atoms with Crippen LogP contribution in [0.15, 0.2) is 30.3 Å². The van der Waals surface area contributed by atoms with E-state index >= 15 is 0 Å². The fourth-order valence-electron chi connectivity index (χ4n) is 2.86. The van der Waals surface area contributed by atoms with Crippen molar-refractivity contribution < 1.29 is 4.79 Å². The maximum absolute atomic E-state index is 12.5. The Kier molecular flexibility index (Phi) is 4.55. The zero-order valence-electron chi connectivity index (χ0n) is 13.7. The summed E-state index contributed by atoms with van der Waals surface area (Å²) in [4.78, 5) is 23.0. The van der Waals surface area contributed by atoms with Gasteiger partial charge >= 0.3 is 0 Å². The topological polar surface area (TPSA) is 58.1 Å². The van der Waals surface area contributed by atoms with E-state index in [2.05, 4.69) is 40.4 Å². The van der Waals surface area contributed by atoms with Crippen LogP contribution in [-0.2, 0) is 6.54 Å².